The van der Waals surface area contributed by atoms with Gasteiger partial charge in [0.05, 0.1) is 17.5 Å². The van der Waals surface area contributed by atoms with Crippen LogP contribution in [-0.2, 0) is 10.2 Å². The van der Waals surface area contributed by atoms with Crippen LogP contribution in [0.25, 0.3) is 0 Å². The highest BCUT2D eigenvalue weighted by atomic mass is 19.1. The molecule has 3 aromatic rings. The van der Waals surface area contributed by atoms with Gasteiger partial charge in [0.25, 0.3) is 5.91 Å². The summed E-state index contributed by atoms with van der Waals surface area (Å²) in [5.74, 6) is -0.480. The van der Waals surface area contributed by atoms with Crippen LogP contribution in [0, 0.1) is 5.82 Å². The van der Waals surface area contributed by atoms with Crippen LogP contribution in [0.2, 0.25) is 0 Å². The number of amides is 2. The molecule has 2 heterocycles. The highest BCUT2D eigenvalue weighted by Crippen LogP contribution is 2.34. The molecule has 2 N–H and O–H groups in total. The summed E-state index contributed by atoms with van der Waals surface area (Å²) in [6.07, 6.45) is 5.05. The molecule has 0 bridgehead atoms. The number of carbonyl (C=O) groups excluding carboxylic acids is 2. The van der Waals surface area contributed by atoms with E-state index in [0.717, 1.165) is 24.0 Å². The third-order valence-corrected chi connectivity index (χ3v) is 6.83. The molecule has 2 unspecified atom stereocenters. The molecule has 0 aliphatic carbocycles. The van der Waals surface area contributed by atoms with Crippen LogP contribution in [0.5, 0.6) is 0 Å². The highest BCUT2D eigenvalue weighted by molar-refractivity contribution is 6.04. The number of nitrogens with one attached hydrogen (secondary N) is 2. The van der Waals surface area contributed by atoms with Gasteiger partial charge in [0, 0.05) is 30.2 Å². The fourth-order valence-electron chi connectivity index (χ4n) is 4.80. The second-order valence-electron chi connectivity index (χ2n) is 9.42. The van der Waals surface area contributed by atoms with Gasteiger partial charge in [-0.3, -0.25) is 14.6 Å². The van der Waals surface area contributed by atoms with Crippen LogP contribution in [0.3, 0.4) is 0 Å². The van der Waals surface area contributed by atoms with Crippen LogP contribution in [-0.4, -0.2) is 41.3 Å². The Morgan fingerprint density at radius 3 is 2.31 bits per heavy atom. The fourth-order valence-corrected chi connectivity index (χ4v) is 4.80. The Balaban J connectivity index is 1.51. The summed E-state index contributed by atoms with van der Waals surface area (Å²) in [5, 5.41) is 6.24. The maximum Gasteiger partial charge on any atom is 0.255 e. The number of carbonyl (C=O) groups is 2. The highest BCUT2D eigenvalue weighted by Gasteiger charge is 2.41. The quantitative estimate of drug-likeness (QED) is 0.521. The van der Waals surface area contributed by atoms with E-state index < -0.39 is 5.41 Å². The average molecular weight is 475 g/mol. The fraction of sp³-hybridized carbons (Fsp3) is 0.321. The molecule has 1 aliphatic heterocycles. The minimum absolute atomic E-state index is 0.0243. The first-order valence-electron chi connectivity index (χ1n) is 11.9. The number of halogens is 1. The predicted molar refractivity (Wildman–Crippen MR) is 135 cm³/mol. The van der Waals surface area contributed by atoms with Crippen molar-refractivity contribution in [3.05, 3.63) is 95.6 Å². The second kappa shape index (κ2) is 10.4. The van der Waals surface area contributed by atoms with Gasteiger partial charge in [-0.1, -0.05) is 24.3 Å². The van der Waals surface area contributed by atoms with E-state index in [0.29, 0.717) is 17.8 Å². The number of nitrogens with zero attached hydrogens (tertiary/aromatic N) is 2. The molecule has 2 atom stereocenters. The number of anilines is 1. The molecule has 1 aromatic heterocycles. The summed E-state index contributed by atoms with van der Waals surface area (Å²) < 4.78 is 13.4. The topological polar surface area (TPSA) is 74.3 Å². The van der Waals surface area contributed by atoms with Crippen LogP contribution in [0.1, 0.15) is 54.2 Å². The van der Waals surface area contributed by atoms with Crippen LogP contribution in [0.4, 0.5) is 10.1 Å². The van der Waals surface area contributed by atoms with E-state index in [9.17, 15) is 14.0 Å². The van der Waals surface area contributed by atoms with Gasteiger partial charge in [-0.2, -0.15) is 0 Å². The number of aromatic nitrogens is 1. The molecule has 0 spiro atoms. The zero-order chi connectivity index (χ0) is 25.0. The lowest BCUT2D eigenvalue weighted by Crippen LogP contribution is -2.49. The molecular weight excluding hydrogens is 443 g/mol. The normalized spacial score (nSPS) is 16.7. The van der Waals surface area contributed by atoms with Crippen LogP contribution in [0.15, 0.2) is 73.1 Å². The Morgan fingerprint density at radius 2 is 1.69 bits per heavy atom. The van der Waals surface area contributed by atoms with Crippen LogP contribution < -0.4 is 10.6 Å². The average Bonchev–Trinajstić information content (AvgIpc) is 3.34. The summed E-state index contributed by atoms with van der Waals surface area (Å²) in [5.41, 5.74) is 2.27. The van der Waals surface area contributed by atoms with E-state index in [1.165, 1.54) is 12.1 Å². The van der Waals surface area contributed by atoms with E-state index in [-0.39, 0.29) is 29.7 Å². The van der Waals surface area contributed by atoms with Gasteiger partial charge in [0.2, 0.25) is 5.91 Å². The minimum Gasteiger partial charge on any atom is -0.337 e. The first-order valence-corrected chi connectivity index (χ1v) is 11.9. The number of hydrogen-bond donors (Lipinski definition) is 2. The van der Waals surface area contributed by atoms with Crippen molar-refractivity contribution in [1.29, 1.82) is 0 Å². The van der Waals surface area contributed by atoms with Gasteiger partial charge in [-0.05, 0) is 81.3 Å². The zero-order valence-corrected chi connectivity index (χ0v) is 20.3. The van der Waals surface area contributed by atoms with Gasteiger partial charge >= 0.3 is 0 Å². The molecule has 1 saturated heterocycles. The summed E-state index contributed by atoms with van der Waals surface area (Å²) in [6, 6.07) is 17.0. The largest absolute Gasteiger partial charge is 0.337 e. The van der Waals surface area contributed by atoms with Crippen molar-refractivity contribution in [3.63, 3.8) is 0 Å². The van der Waals surface area contributed by atoms with Crippen molar-refractivity contribution < 1.29 is 14.0 Å². The second-order valence-corrected chi connectivity index (χ2v) is 9.42. The maximum absolute atomic E-state index is 13.7. The van der Waals surface area contributed by atoms with Crippen molar-refractivity contribution >= 4 is 17.5 Å². The number of benzene rings is 2. The van der Waals surface area contributed by atoms with Crippen molar-refractivity contribution in [2.24, 2.45) is 0 Å². The smallest absolute Gasteiger partial charge is 0.255 e. The molecule has 0 radical (unpaired) electrons. The lowest BCUT2D eigenvalue weighted by molar-refractivity contribution is -0.137. The molecule has 2 aromatic carbocycles. The molecule has 35 heavy (non-hydrogen) atoms. The zero-order valence-electron chi connectivity index (χ0n) is 20.3. The summed E-state index contributed by atoms with van der Waals surface area (Å²) >= 11 is 0. The Hall–Kier alpha value is -3.58. The Morgan fingerprint density at radius 1 is 1.03 bits per heavy atom. The van der Waals surface area contributed by atoms with E-state index in [4.69, 9.17) is 0 Å². The van der Waals surface area contributed by atoms with Crippen molar-refractivity contribution in [2.45, 2.75) is 44.2 Å². The van der Waals surface area contributed by atoms with Gasteiger partial charge in [-0.15, -0.1) is 0 Å². The molecule has 7 heteroatoms. The predicted octanol–water partition coefficient (Wildman–Crippen LogP) is 4.70. The Kier molecular flexibility index (Phi) is 7.26. The summed E-state index contributed by atoms with van der Waals surface area (Å²) in [4.78, 5) is 32.2. The number of rotatable bonds is 7. The number of likely N-dealkylation sites (tertiary alicyclic amines) is 1. The lowest BCUT2D eigenvalue weighted by Gasteiger charge is -2.37. The molecular formula is C28H31FN4O2. The SMILES string of the molecule is CNC(c1ccc(C(=O)Nc2ccncc2)cc1)C1CCCN1C(=O)C(C)(C)c1ccc(F)cc1. The molecule has 1 fully saturated rings. The summed E-state index contributed by atoms with van der Waals surface area (Å²) in [6.45, 7) is 4.46. The first kappa shape index (κ1) is 24.5. The third kappa shape index (κ3) is 5.25. The lowest BCUT2D eigenvalue weighted by atomic mass is 9.82. The van der Waals surface area contributed by atoms with Gasteiger partial charge in [0.15, 0.2) is 0 Å². The van der Waals surface area contributed by atoms with Crippen molar-refractivity contribution in [1.82, 2.24) is 15.2 Å². The number of hydrogen-bond acceptors (Lipinski definition) is 4. The Labute approximate surface area is 205 Å². The monoisotopic (exact) mass is 474 g/mol. The van der Waals surface area contributed by atoms with Crippen molar-refractivity contribution in [2.75, 3.05) is 18.9 Å². The molecule has 1 aliphatic rings. The molecule has 2 amide bonds. The van der Waals surface area contributed by atoms with E-state index in [1.807, 2.05) is 37.9 Å². The number of likely N-dealkylation sites (N-methyl/N-ethyl adjacent to an activating group) is 1. The van der Waals surface area contributed by atoms with E-state index >= 15 is 0 Å². The van der Waals surface area contributed by atoms with E-state index in [2.05, 4.69) is 15.6 Å². The van der Waals surface area contributed by atoms with Crippen molar-refractivity contribution in [3.8, 4) is 0 Å². The standard InChI is InChI=1S/C28H31FN4O2/c1-28(2,21-10-12-22(29)13-11-21)27(35)33-18-4-5-24(33)25(30-3)19-6-8-20(9-7-19)26(34)32-23-14-16-31-17-15-23/h6-17,24-25,30H,4-5,18H2,1-3H3,(H,31,32,34). The molecule has 182 valence electrons. The van der Waals surface area contributed by atoms with Gasteiger partial charge in [-0.25, -0.2) is 4.39 Å². The van der Waals surface area contributed by atoms with Gasteiger partial charge < -0.3 is 15.5 Å². The minimum atomic E-state index is -0.774. The third-order valence-electron chi connectivity index (χ3n) is 6.83. The summed E-state index contributed by atoms with van der Waals surface area (Å²) in [7, 11) is 1.89. The maximum atomic E-state index is 13.7. The van der Waals surface area contributed by atoms with Crippen LogP contribution >= 0.6 is 0 Å². The van der Waals surface area contributed by atoms with E-state index in [1.54, 1.807) is 48.8 Å². The molecule has 0 saturated carbocycles. The molecule has 6 nitrogen and oxygen atoms in total. The first-order chi connectivity index (χ1) is 16.8. The number of pyridine rings is 1. The van der Waals surface area contributed by atoms with Gasteiger partial charge in [0.1, 0.15) is 5.82 Å². The molecule has 4 rings (SSSR count). The Bertz CT molecular complexity index is 1160.